The molecule has 1 N–H and O–H groups in total. The molecule has 0 atom stereocenters. The number of carbonyl (C=O) groups is 3. The Morgan fingerprint density at radius 3 is 1.97 bits per heavy atom. The summed E-state index contributed by atoms with van der Waals surface area (Å²) in [7, 11) is 3.44. The van der Waals surface area contributed by atoms with Crippen molar-refractivity contribution in [3.05, 3.63) is 93.2 Å². The summed E-state index contributed by atoms with van der Waals surface area (Å²) in [6.45, 7) is 3.37. The van der Waals surface area contributed by atoms with E-state index >= 15 is 0 Å². The third-order valence-corrected chi connectivity index (χ3v) is 5.92. The highest BCUT2D eigenvalue weighted by Crippen LogP contribution is 2.14. The van der Waals surface area contributed by atoms with Crippen LogP contribution in [0.2, 0.25) is 0 Å². The Kier molecular flexibility index (Phi) is 7.78. The smallest absolute Gasteiger partial charge is 0.261 e. The fraction of sp³-hybridized carbons (Fsp3) is 0.240. The van der Waals surface area contributed by atoms with Gasteiger partial charge in [-0.25, -0.2) is 0 Å². The lowest BCUT2D eigenvalue weighted by molar-refractivity contribution is 0.0751. The number of nitrogens with one attached hydrogen (secondary N) is 1. The van der Waals surface area contributed by atoms with Crippen molar-refractivity contribution in [2.24, 2.45) is 0 Å². The summed E-state index contributed by atoms with van der Waals surface area (Å²) in [4.78, 5) is 41.0. The number of benzene rings is 2. The molecule has 0 aliphatic carbocycles. The number of amides is 3. The largest absolute Gasteiger partial charge is 0.347 e. The van der Waals surface area contributed by atoms with Gasteiger partial charge in [0.15, 0.2) is 0 Å². The van der Waals surface area contributed by atoms with Crippen LogP contribution in [-0.4, -0.2) is 48.2 Å². The van der Waals surface area contributed by atoms with E-state index in [2.05, 4.69) is 5.32 Å². The second-order valence-corrected chi connectivity index (χ2v) is 8.52. The van der Waals surface area contributed by atoms with Gasteiger partial charge in [0, 0.05) is 44.9 Å². The second-order valence-electron chi connectivity index (χ2n) is 7.57. The van der Waals surface area contributed by atoms with Crippen LogP contribution in [0.25, 0.3) is 0 Å². The lowest BCUT2D eigenvalue weighted by atomic mass is 10.1. The van der Waals surface area contributed by atoms with Crippen LogP contribution >= 0.6 is 11.3 Å². The van der Waals surface area contributed by atoms with E-state index in [1.54, 1.807) is 49.3 Å². The predicted molar refractivity (Wildman–Crippen MR) is 127 cm³/mol. The van der Waals surface area contributed by atoms with Crippen LogP contribution in [0.4, 0.5) is 0 Å². The summed E-state index contributed by atoms with van der Waals surface area (Å²) in [5.74, 6) is -0.211. The molecule has 0 fully saturated rings. The highest BCUT2D eigenvalue weighted by Gasteiger charge is 2.15. The predicted octanol–water partition coefficient (Wildman–Crippen LogP) is 4.04. The van der Waals surface area contributed by atoms with Gasteiger partial charge >= 0.3 is 0 Å². The van der Waals surface area contributed by atoms with E-state index in [0.29, 0.717) is 35.6 Å². The number of carbonyl (C=O) groups excluding carboxylic acids is 3. The van der Waals surface area contributed by atoms with Crippen LogP contribution in [0.3, 0.4) is 0 Å². The van der Waals surface area contributed by atoms with Gasteiger partial charge in [-0.2, -0.15) is 0 Å². The summed E-state index contributed by atoms with van der Waals surface area (Å²) in [5, 5.41) is 4.75. The molecule has 0 saturated carbocycles. The van der Waals surface area contributed by atoms with Gasteiger partial charge in [0.05, 0.1) is 4.88 Å². The molecule has 3 aromatic rings. The first-order valence-electron chi connectivity index (χ1n) is 10.4. The maximum atomic E-state index is 13.0. The molecule has 7 heteroatoms. The SMILES string of the molecule is CCN(Cc1ccc(C(=O)N(C)C)cc1)C(=O)c1ccc(CNC(=O)c2cccs2)cc1. The molecular formula is C25H27N3O3S. The van der Waals surface area contributed by atoms with E-state index in [-0.39, 0.29) is 17.7 Å². The van der Waals surface area contributed by atoms with Crippen LogP contribution < -0.4 is 5.32 Å². The Morgan fingerprint density at radius 1 is 0.844 bits per heavy atom. The Bertz CT molecular complexity index is 1060. The van der Waals surface area contributed by atoms with Crippen molar-refractivity contribution in [2.45, 2.75) is 20.0 Å². The maximum absolute atomic E-state index is 13.0. The van der Waals surface area contributed by atoms with Gasteiger partial charge in [-0.1, -0.05) is 30.3 Å². The molecule has 0 aliphatic rings. The molecule has 0 saturated heterocycles. The van der Waals surface area contributed by atoms with E-state index in [9.17, 15) is 14.4 Å². The van der Waals surface area contributed by atoms with Crippen LogP contribution in [0.5, 0.6) is 0 Å². The molecule has 0 aliphatic heterocycles. The van der Waals surface area contributed by atoms with E-state index in [1.807, 2.05) is 42.6 Å². The van der Waals surface area contributed by atoms with Crippen LogP contribution in [0.1, 0.15) is 48.4 Å². The Labute approximate surface area is 192 Å². The lowest BCUT2D eigenvalue weighted by Gasteiger charge is -2.21. The van der Waals surface area contributed by atoms with E-state index in [4.69, 9.17) is 0 Å². The van der Waals surface area contributed by atoms with Gasteiger partial charge in [0.25, 0.3) is 17.7 Å². The zero-order valence-corrected chi connectivity index (χ0v) is 19.3. The minimum absolute atomic E-state index is 0.0494. The number of hydrogen-bond donors (Lipinski definition) is 1. The van der Waals surface area contributed by atoms with Gasteiger partial charge in [0.1, 0.15) is 0 Å². The van der Waals surface area contributed by atoms with Crippen molar-refractivity contribution >= 4 is 29.1 Å². The molecule has 1 heterocycles. The fourth-order valence-corrected chi connectivity index (χ4v) is 3.82. The fourth-order valence-electron chi connectivity index (χ4n) is 3.18. The number of rotatable bonds is 8. The maximum Gasteiger partial charge on any atom is 0.261 e. The second kappa shape index (κ2) is 10.7. The summed E-state index contributed by atoms with van der Waals surface area (Å²) in [6.07, 6.45) is 0. The molecule has 0 spiro atoms. The Hall–Kier alpha value is -3.45. The average Bonchev–Trinajstić information content (AvgIpc) is 3.36. The van der Waals surface area contributed by atoms with Crippen molar-refractivity contribution in [1.82, 2.24) is 15.1 Å². The zero-order valence-electron chi connectivity index (χ0n) is 18.5. The average molecular weight is 450 g/mol. The number of thiophene rings is 1. The third kappa shape index (κ3) is 5.82. The summed E-state index contributed by atoms with van der Waals surface area (Å²) >= 11 is 1.40. The van der Waals surface area contributed by atoms with Gasteiger partial charge in [0.2, 0.25) is 0 Å². The number of hydrogen-bond acceptors (Lipinski definition) is 4. The normalized spacial score (nSPS) is 10.5. The zero-order chi connectivity index (χ0) is 23.1. The van der Waals surface area contributed by atoms with Crippen LogP contribution in [-0.2, 0) is 13.1 Å². The number of nitrogens with zero attached hydrogens (tertiary/aromatic N) is 2. The summed E-state index contributed by atoms with van der Waals surface area (Å²) in [5.41, 5.74) is 3.11. The first kappa shape index (κ1) is 23.2. The first-order valence-corrected chi connectivity index (χ1v) is 11.3. The molecule has 2 aromatic carbocycles. The molecule has 1 aromatic heterocycles. The highest BCUT2D eigenvalue weighted by atomic mass is 32.1. The van der Waals surface area contributed by atoms with Gasteiger partial charge in [-0.15, -0.1) is 11.3 Å². The molecule has 32 heavy (non-hydrogen) atoms. The quantitative estimate of drug-likeness (QED) is 0.564. The topological polar surface area (TPSA) is 69.7 Å². The molecule has 3 amide bonds. The van der Waals surface area contributed by atoms with Crippen LogP contribution in [0.15, 0.2) is 66.0 Å². The molecular weight excluding hydrogens is 422 g/mol. The molecule has 6 nitrogen and oxygen atoms in total. The van der Waals surface area contributed by atoms with E-state index < -0.39 is 0 Å². The highest BCUT2D eigenvalue weighted by molar-refractivity contribution is 7.12. The van der Waals surface area contributed by atoms with Crippen molar-refractivity contribution in [3.8, 4) is 0 Å². The van der Waals surface area contributed by atoms with Gasteiger partial charge in [-0.3, -0.25) is 14.4 Å². The van der Waals surface area contributed by atoms with Crippen LogP contribution in [0, 0.1) is 0 Å². The minimum atomic E-state index is -0.101. The minimum Gasteiger partial charge on any atom is -0.347 e. The Balaban J connectivity index is 1.59. The monoisotopic (exact) mass is 449 g/mol. The molecule has 0 radical (unpaired) electrons. The lowest BCUT2D eigenvalue weighted by Crippen LogP contribution is -2.30. The van der Waals surface area contributed by atoms with Crippen molar-refractivity contribution in [3.63, 3.8) is 0 Å². The summed E-state index contributed by atoms with van der Waals surface area (Å²) < 4.78 is 0. The third-order valence-electron chi connectivity index (χ3n) is 5.05. The standard InChI is InChI=1S/C25H27N3O3S/c1-4-28(17-19-9-13-20(14-10-19)24(30)27(2)3)25(31)21-11-7-18(8-12-21)16-26-23(29)22-6-5-15-32-22/h5-15H,4,16-17H2,1-3H3,(H,26,29). The van der Waals surface area contributed by atoms with Gasteiger partial charge in [-0.05, 0) is 53.8 Å². The van der Waals surface area contributed by atoms with E-state index in [1.165, 1.54) is 16.2 Å². The summed E-state index contributed by atoms with van der Waals surface area (Å²) in [6, 6.07) is 18.3. The molecule has 0 bridgehead atoms. The van der Waals surface area contributed by atoms with Crippen molar-refractivity contribution in [1.29, 1.82) is 0 Å². The van der Waals surface area contributed by atoms with Crippen molar-refractivity contribution in [2.75, 3.05) is 20.6 Å². The van der Waals surface area contributed by atoms with Gasteiger partial charge < -0.3 is 15.1 Å². The van der Waals surface area contributed by atoms with E-state index in [0.717, 1.165) is 11.1 Å². The molecule has 166 valence electrons. The Morgan fingerprint density at radius 2 is 1.44 bits per heavy atom. The van der Waals surface area contributed by atoms with Crippen molar-refractivity contribution < 1.29 is 14.4 Å². The molecule has 0 unspecified atom stereocenters. The molecule has 3 rings (SSSR count). The first-order chi connectivity index (χ1) is 15.4.